The second-order valence-electron chi connectivity index (χ2n) is 3.73. The number of allylic oxidation sites excluding steroid dienone is 1. The maximum absolute atomic E-state index is 5.60. The first-order chi connectivity index (χ1) is 7.42. The molecule has 0 amide bonds. The molecule has 0 spiro atoms. The van der Waals surface area contributed by atoms with Crippen LogP contribution in [0.1, 0.15) is 12.8 Å². The zero-order valence-corrected chi connectivity index (χ0v) is 8.78. The van der Waals surface area contributed by atoms with Gasteiger partial charge in [0.1, 0.15) is 17.9 Å². The van der Waals surface area contributed by atoms with Crippen LogP contribution in [0.5, 0.6) is 0 Å². The molecule has 0 aromatic carbocycles. The van der Waals surface area contributed by atoms with Gasteiger partial charge < -0.3 is 14.2 Å². The minimum absolute atomic E-state index is 0.0481. The molecule has 86 valence electrons. The van der Waals surface area contributed by atoms with Crippen LogP contribution in [-0.2, 0) is 14.2 Å². The molecule has 5 heteroatoms. The molecule has 2 aliphatic rings. The first-order valence-corrected chi connectivity index (χ1v) is 5.40. The Bertz CT molecular complexity index is 227. The van der Waals surface area contributed by atoms with Crippen molar-refractivity contribution in [3.05, 3.63) is 11.8 Å². The van der Waals surface area contributed by atoms with Gasteiger partial charge >= 0.3 is 0 Å². The van der Waals surface area contributed by atoms with Crippen LogP contribution in [-0.4, -0.2) is 38.6 Å². The molecule has 3 N–H and O–H groups in total. The van der Waals surface area contributed by atoms with E-state index in [1.165, 1.54) is 0 Å². The predicted octanol–water partition coefficient (Wildman–Crippen LogP) is -0.0720. The van der Waals surface area contributed by atoms with Gasteiger partial charge in [0.05, 0.1) is 26.4 Å². The molecule has 2 unspecified atom stereocenters. The quantitative estimate of drug-likeness (QED) is 0.508. The van der Waals surface area contributed by atoms with E-state index in [0.717, 1.165) is 25.2 Å². The maximum atomic E-state index is 5.60. The Balaban J connectivity index is 1.98. The van der Waals surface area contributed by atoms with Crippen LogP contribution in [0.3, 0.4) is 0 Å². The van der Waals surface area contributed by atoms with Crippen molar-refractivity contribution >= 4 is 0 Å². The fourth-order valence-electron chi connectivity index (χ4n) is 1.86. The van der Waals surface area contributed by atoms with E-state index < -0.39 is 0 Å². The van der Waals surface area contributed by atoms with Gasteiger partial charge in [-0.15, -0.1) is 0 Å². The molecule has 2 heterocycles. The molecule has 15 heavy (non-hydrogen) atoms. The van der Waals surface area contributed by atoms with Crippen molar-refractivity contribution in [3.63, 3.8) is 0 Å². The molecule has 0 saturated carbocycles. The third kappa shape index (κ3) is 2.69. The van der Waals surface area contributed by atoms with Gasteiger partial charge in [-0.25, -0.2) is 5.43 Å². The lowest BCUT2D eigenvalue weighted by Crippen LogP contribution is -2.51. The Morgan fingerprint density at radius 2 is 2.33 bits per heavy atom. The van der Waals surface area contributed by atoms with E-state index in [-0.39, 0.29) is 12.1 Å². The van der Waals surface area contributed by atoms with Crippen LogP contribution in [0.25, 0.3) is 0 Å². The molecular weight excluding hydrogens is 196 g/mol. The normalized spacial score (nSPS) is 29.1. The van der Waals surface area contributed by atoms with Crippen molar-refractivity contribution in [1.82, 2.24) is 5.43 Å². The van der Waals surface area contributed by atoms with Gasteiger partial charge in [0, 0.05) is 0 Å². The van der Waals surface area contributed by atoms with Crippen LogP contribution in [0, 0.1) is 0 Å². The van der Waals surface area contributed by atoms with Crippen molar-refractivity contribution in [1.29, 1.82) is 0 Å². The number of nitrogens with one attached hydrogen (secondary N) is 1. The summed E-state index contributed by atoms with van der Waals surface area (Å²) in [4.78, 5) is 0. The van der Waals surface area contributed by atoms with Crippen molar-refractivity contribution in [2.24, 2.45) is 5.84 Å². The highest BCUT2D eigenvalue weighted by molar-refractivity contribution is 5.08. The lowest BCUT2D eigenvalue weighted by atomic mass is 10.1. The highest BCUT2D eigenvalue weighted by Gasteiger charge is 2.29. The molecule has 1 saturated heterocycles. The summed E-state index contributed by atoms with van der Waals surface area (Å²) in [6, 6.07) is -0.0920. The molecule has 0 bridgehead atoms. The van der Waals surface area contributed by atoms with Crippen LogP contribution < -0.4 is 11.3 Å². The van der Waals surface area contributed by atoms with Gasteiger partial charge in [-0.1, -0.05) is 0 Å². The topological polar surface area (TPSA) is 65.7 Å². The van der Waals surface area contributed by atoms with Crippen LogP contribution in [0.2, 0.25) is 0 Å². The third-order valence-electron chi connectivity index (χ3n) is 2.66. The van der Waals surface area contributed by atoms with Crippen molar-refractivity contribution in [2.75, 3.05) is 26.4 Å². The van der Waals surface area contributed by atoms with Gasteiger partial charge in [-0.2, -0.15) is 0 Å². The van der Waals surface area contributed by atoms with Crippen LogP contribution in [0.4, 0.5) is 0 Å². The van der Waals surface area contributed by atoms with Crippen molar-refractivity contribution in [3.8, 4) is 0 Å². The second kappa shape index (κ2) is 5.46. The standard InChI is InChI=1S/C10H18N2O3/c11-12-10(8-3-1-2-4-14-8)9-7-13-5-6-15-9/h3,9-10,12H,1-2,4-7,11H2. The van der Waals surface area contributed by atoms with E-state index >= 15 is 0 Å². The minimum Gasteiger partial charge on any atom is -0.496 e. The van der Waals surface area contributed by atoms with Crippen LogP contribution in [0.15, 0.2) is 11.8 Å². The van der Waals surface area contributed by atoms with Gasteiger partial charge in [0.15, 0.2) is 0 Å². The third-order valence-corrected chi connectivity index (χ3v) is 2.66. The smallest absolute Gasteiger partial charge is 0.113 e. The molecule has 2 rings (SSSR count). The number of nitrogens with two attached hydrogens (primary N) is 1. The molecule has 1 fully saturated rings. The molecule has 0 aliphatic carbocycles. The summed E-state index contributed by atoms with van der Waals surface area (Å²) in [7, 11) is 0. The Morgan fingerprint density at radius 1 is 1.40 bits per heavy atom. The maximum Gasteiger partial charge on any atom is 0.113 e. The minimum atomic E-state index is -0.0920. The fourth-order valence-corrected chi connectivity index (χ4v) is 1.86. The van der Waals surface area contributed by atoms with Gasteiger partial charge in [0.2, 0.25) is 0 Å². The van der Waals surface area contributed by atoms with E-state index in [0.29, 0.717) is 19.8 Å². The Hall–Kier alpha value is -0.620. The number of hydrazine groups is 1. The van der Waals surface area contributed by atoms with Crippen molar-refractivity contribution < 1.29 is 14.2 Å². The van der Waals surface area contributed by atoms with E-state index in [1.54, 1.807) is 0 Å². The first kappa shape index (κ1) is 10.9. The Morgan fingerprint density at radius 3 is 2.93 bits per heavy atom. The van der Waals surface area contributed by atoms with Gasteiger partial charge in [0.25, 0.3) is 0 Å². The number of hydrogen-bond acceptors (Lipinski definition) is 5. The molecule has 0 aromatic rings. The Labute approximate surface area is 89.5 Å². The summed E-state index contributed by atoms with van der Waals surface area (Å²) in [6.07, 6.45) is 4.14. The monoisotopic (exact) mass is 214 g/mol. The average Bonchev–Trinajstić information content (AvgIpc) is 2.33. The summed E-state index contributed by atoms with van der Waals surface area (Å²) in [6.45, 7) is 2.61. The lowest BCUT2D eigenvalue weighted by Gasteiger charge is -2.32. The summed E-state index contributed by atoms with van der Waals surface area (Å²) in [5.74, 6) is 6.42. The van der Waals surface area contributed by atoms with E-state index in [1.807, 2.05) is 0 Å². The highest BCUT2D eigenvalue weighted by Crippen LogP contribution is 2.18. The number of ether oxygens (including phenoxy) is 3. The Kier molecular flexibility index (Phi) is 3.96. The summed E-state index contributed by atoms with van der Waals surface area (Å²) in [5, 5.41) is 0. The lowest BCUT2D eigenvalue weighted by molar-refractivity contribution is -0.103. The van der Waals surface area contributed by atoms with Crippen molar-refractivity contribution in [2.45, 2.75) is 25.0 Å². The molecule has 5 nitrogen and oxygen atoms in total. The second-order valence-corrected chi connectivity index (χ2v) is 3.73. The van der Waals surface area contributed by atoms with Gasteiger partial charge in [-0.05, 0) is 18.9 Å². The molecular formula is C10H18N2O3. The zero-order valence-electron chi connectivity index (χ0n) is 8.78. The van der Waals surface area contributed by atoms with E-state index in [4.69, 9.17) is 20.1 Å². The summed E-state index contributed by atoms with van der Waals surface area (Å²) >= 11 is 0. The predicted molar refractivity (Wildman–Crippen MR) is 54.9 cm³/mol. The van der Waals surface area contributed by atoms with E-state index in [2.05, 4.69) is 11.5 Å². The summed E-state index contributed by atoms with van der Waals surface area (Å²) < 4.78 is 16.5. The molecule has 2 atom stereocenters. The largest absolute Gasteiger partial charge is 0.496 e. The molecule has 0 aromatic heterocycles. The molecule has 0 radical (unpaired) electrons. The zero-order chi connectivity index (χ0) is 10.5. The van der Waals surface area contributed by atoms with Gasteiger partial charge in [-0.3, -0.25) is 5.84 Å². The summed E-state index contributed by atoms with van der Waals surface area (Å²) in [5.41, 5.74) is 2.74. The molecule has 2 aliphatic heterocycles. The highest BCUT2D eigenvalue weighted by atomic mass is 16.6. The SMILES string of the molecule is NNC(C1=CCCCO1)C1COCCO1. The average molecular weight is 214 g/mol. The first-order valence-electron chi connectivity index (χ1n) is 5.40. The number of rotatable bonds is 3. The van der Waals surface area contributed by atoms with E-state index in [9.17, 15) is 0 Å². The fraction of sp³-hybridized carbons (Fsp3) is 0.800. The number of hydrogen-bond donors (Lipinski definition) is 2. The van der Waals surface area contributed by atoms with Crippen LogP contribution >= 0.6 is 0 Å².